The zero-order valence-corrected chi connectivity index (χ0v) is 20.2. The van der Waals surface area contributed by atoms with Crippen LogP contribution in [0.25, 0.3) is 5.00 Å². The molecule has 0 bridgehead atoms. The Bertz CT molecular complexity index is 1180. The maximum atomic E-state index is 12.7. The lowest BCUT2D eigenvalue weighted by atomic mass is 9.99. The second kappa shape index (κ2) is 7.92. The van der Waals surface area contributed by atoms with Crippen molar-refractivity contribution < 1.29 is 9.53 Å². The third-order valence-electron chi connectivity index (χ3n) is 5.25. The van der Waals surface area contributed by atoms with Crippen LogP contribution >= 0.6 is 22.9 Å². The van der Waals surface area contributed by atoms with Crippen molar-refractivity contribution in [1.29, 1.82) is 0 Å². The Hall–Kier alpha value is -2.44. The molecule has 1 unspecified atom stereocenters. The first kappa shape index (κ1) is 21.8. The van der Waals surface area contributed by atoms with Crippen LogP contribution in [0.15, 0.2) is 35.5 Å². The molecule has 0 fully saturated rings. The average Bonchev–Trinajstić information content (AvgIpc) is 3.14. The van der Waals surface area contributed by atoms with Crippen molar-refractivity contribution in [2.24, 2.45) is 4.99 Å². The standard InChI is InChI=1S/C24H26ClN3O2S/c1-13-12-26-22-18(11-19(29)30-24(4,5)6)27-21(16-7-9-17(25)10-8-16)20-14(2)15(3)31-23(20)28(13)22/h7-10,12,18H,11H2,1-6H3. The number of aryl methyl sites for hydroxylation is 2. The Morgan fingerprint density at radius 2 is 1.87 bits per heavy atom. The number of hydrogen-bond donors (Lipinski definition) is 0. The largest absolute Gasteiger partial charge is 0.460 e. The van der Waals surface area contributed by atoms with Crippen LogP contribution < -0.4 is 0 Å². The van der Waals surface area contributed by atoms with Gasteiger partial charge < -0.3 is 4.74 Å². The van der Waals surface area contributed by atoms with E-state index in [-0.39, 0.29) is 12.4 Å². The molecule has 1 aliphatic rings. The number of benzene rings is 1. The molecular formula is C24H26ClN3O2S. The molecule has 0 aliphatic carbocycles. The number of aliphatic imine (C=N–C) groups is 1. The number of halogens is 1. The summed E-state index contributed by atoms with van der Waals surface area (Å²) in [4.78, 5) is 23.7. The topological polar surface area (TPSA) is 56.5 Å². The summed E-state index contributed by atoms with van der Waals surface area (Å²) < 4.78 is 7.74. The third kappa shape index (κ3) is 4.19. The molecule has 31 heavy (non-hydrogen) atoms. The van der Waals surface area contributed by atoms with Crippen molar-refractivity contribution in [3.05, 3.63) is 68.6 Å². The van der Waals surface area contributed by atoms with Crippen molar-refractivity contribution in [3.8, 4) is 5.00 Å². The summed E-state index contributed by atoms with van der Waals surface area (Å²) in [6.45, 7) is 11.9. The first-order valence-electron chi connectivity index (χ1n) is 10.3. The number of carbonyl (C=O) groups is 1. The minimum absolute atomic E-state index is 0.123. The highest BCUT2D eigenvalue weighted by Gasteiger charge is 2.32. The molecule has 0 spiro atoms. The Morgan fingerprint density at radius 1 is 1.19 bits per heavy atom. The Labute approximate surface area is 191 Å². The number of nitrogens with zero attached hydrogens (tertiary/aromatic N) is 3. The van der Waals surface area contributed by atoms with Crippen LogP contribution in [-0.4, -0.2) is 26.8 Å². The number of thiophene rings is 1. The van der Waals surface area contributed by atoms with E-state index in [1.54, 1.807) is 11.3 Å². The van der Waals surface area contributed by atoms with Gasteiger partial charge in [-0.05, 0) is 59.2 Å². The quantitative estimate of drug-likeness (QED) is 0.446. The molecule has 5 nitrogen and oxygen atoms in total. The monoisotopic (exact) mass is 455 g/mol. The first-order valence-corrected chi connectivity index (χ1v) is 11.4. The van der Waals surface area contributed by atoms with Crippen molar-refractivity contribution in [2.45, 2.75) is 59.6 Å². The summed E-state index contributed by atoms with van der Waals surface area (Å²) in [5.74, 6) is 0.469. The maximum Gasteiger partial charge on any atom is 0.308 e. The lowest BCUT2D eigenvalue weighted by molar-refractivity contribution is -0.155. The van der Waals surface area contributed by atoms with Gasteiger partial charge in [0.05, 0.1) is 12.1 Å². The van der Waals surface area contributed by atoms with E-state index in [4.69, 9.17) is 21.3 Å². The Morgan fingerprint density at radius 3 is 2.52 bits per heavy atom. The van der Waals surface area contributed by atoms with E-state index in [1.807, 2.05) is 58.2 Å². The molecule has 1 aliphatic heterocycles. The van der Waals surface area contributed by atoms with E-state index in [9.17, 15) is 4.79 Å². The molecule has 3 aromatic rings. The third-order valence-corrected chi connectivity index (χ3v) is 6.70. The highest BCUT2D eigenvalue weighted by Crippen LogP contribution is 2.40. The number of aromatic nitrogens is 2. The average molecular weight is 456 g/mol. The molecule has 4 rings (SSSR count). The number of carbonyl (C=O) groups excluding carboxylic acids is 1. The zero-order chi connectivity index (χ0) is 22.5. The number of esters is 1. The smallest absolute Gasteiger partial charge is 0.308 e. The minimum Gasteiger partial charge on any atom is -0.460 e. The SMILES string of the molecule is Cc1sc2c(c1C)C(c1ccc(Cl)cc1)=NC(CC(=O)OC(C)(C)C)c1ncc(C)n1-2. The van der Waals surface area contributed by atoms with Gasteiger partial charge in [-0.15, -0.1) is 11.3 Å². The molecule has 162 valence electrons. The summed E-state index contributed by atoms with van der Waals surface area (Å²) in [6.07, 6.45) is 1.96. The number of fused-ring (bicyclic) bond motifs is 3. The Balaban J connectivity index is 1.91. The van der Waals surface area contributed by atoms with Gasteiger partial charge in [-0.25, -0.2) is 4.98 Å². The van der Waals surface area contributed by atoms with Gasteiger partial charge in [0.25, 0.3) is 0 Å². The van der Waals surface area contributed by atoms with Gasteiger partial charge in [0.15, 0.2) is 0 Å². The van der Waals surface area contributed by atoms with Gasteiger partial charge in [-0.2, -0.15) is 0 Å². The molecule has 0 saturated heterocycles. The van der Waals surface area contributed by atoms with E-state index < -0.39 is 11.6 Å². The first-order chi connectivity index (χ1) is 14.5. The van der Waals surface area contributed by atoms with Crippen molar-refractivity contribution >= 4 is 34.6 Å². The van der Waals surface area contributed by atoms with Crippen molar-refractivity contribution in [1.82, 2.24) is 9.55 Å². The normalized spacial score (nSPS) is 15.7. The molecule has 1 atom stereocenters. The van der Waals surface area contributed by atoms with Gasteiger partial charge in [0, 0.05) is 32.9 Å². The maximum absolute atomic E-state index is 12.7. The van der Waals surface area contributed by atoms with Crippen LogP contribution in [0.4, 0.5) is 0 Å². The fourth-order valence-electron chi connectivity index (χ4n) is 3.78. The van der Waals surface area contributed by atoms with Crippen molar-refractivity contribution in [2.75, 3.05) is 0 Å². The van der Waals surface area contributed by atoms with Gasteiger partial charge in [0.2, 0.25) is 0 Å². The highest BCUT2D eigenvalue weighted by atomic mass is 35.5. The summed E-state index contributed by atoms with van der Waals surface area (Å²) in [5.41, 5.74) is 4.54. The molecule has 7 heteroatoms. The van der Waals surface area contributed by atoms with Crippen molar-refractivity contribution in [3.63, 3.8) is 0 Å². The number of ether oxygens (including phenoxy) is 1. The molecule has 0 radical (unpaired) electrons. The molecule has 1 aromatic carbocycles. The van der Waals surface area contributed by atoms with Crippen LogP contribution in [0.3, 0.4) is 0 Å². The lowest BCUT2D eigenvalue weighted by Crippen LogP contribution is -2.25. The molecular weight excluding hydrogens is 430 g/mol. The van der Waals surface area contributed by atoms with Gasteiger partial charge in [0.1, 0.15) is 22.5 Å². The predicted molar refractivity (Wildman–Crippen MR) is 126 cm³/mol. The summed E-state index contributed by atoms with van der Waals surface area (Å²) >= 11 is 7.86. The second-order valence-corrected chi connectivity index (χ2v) is 10.5. The molecule has 2 aromatic heterocycles. The lowest BCUT2D eigenvalue weighted by Gasteiger charge is -2.21. The van der Waals surface area contributed by atoms with Crippen LogP contribution in [0.1, 0.15) is 66.3 Å². The van der Waals surface area contributed by atoms with Crippen LogP contribution in [0.2, 0.25) is 5.02 Å². The molecule has 0 amide bonds. The minimum atomic E-state index is -0.553. The van der Waals surface area contributed by atoms with Gasteiger partial charge >= 0.3 is 5.97 Å². The zero-order valence-electron chi connectivity index (χ0n) is 18.6. The highest BCUT2D eigenvalue weighted by molar-refractivity contribution is 7.15. The number of hydrogen-bond acceptors (Lipinski definition) is 5. The predicted octanol–water partition coefficient (Wildman–Crippen LogP) is 6.14. The molecule has 0 N–H and O–H groups in total. The second-order valence-electron chi connectivity index (χ2n) is 8.85. The van der Waals surface area contributed by atoms with Gasteiger partial charge in [-0.1, -0.05) is 23.7 Å². The summed E-state index contributed by atoms with van der Waals surface area (Å²) in [5, 5.41) is 1.76. The summed E-state index contributed by atoms with van der Waals surface area (Å²) in [7, 11) is 0. The summed E-state index contributed by atoms with van der Waals surface area (Å²) in [6, 6.07) is 7.23. The van der Waals surface area contributed by atoms with E-state index in [1.165, 1.54) is 10.4 Å². The van der Waals surface area contributed by atoms with Crippen LogP contribution in [0, 0.1) is 20.8 Å². The number of rotatable bonds is 3. The fraction of sp³-hybridized carbons (Fsp3) is 0.375. The Kier molecular flexibility index (Phi) is 5.56. The van der Waals surface area contributed by atoms with Crippen LogP contribution in [-0.2, 0) is 9.53 Å². The molecule has 0 saturated carbocycles. The van der Waals surface area contributed by atoms with Gasteiger partial charge in [-0.3, -0.25) is 14.4 Å². The number of imidazole rings is 1. The van der Waals surface area contributed by atoms with E-state index in [0.717, 1.165) is 33.4 Å². The van der Waals surface area contributed by atoms with E-state index in [0.29, 0.717) is 5.02 Å². The fourth-order valence-corrected chi connectivity index (χ4v) is 5.13. The van der Waals surface area contributed by atoms with E-state index >= 15 is 0 Å². The van der Waals surface area contributed by atoms with E-state index in [2.05, 4.69) is 23.4 Å². The van der Waals surface area contributed by atoms with Crippen LogP contribution in [0.5, 0.6) is 0 Å². The molecule has 3 heterocycles.